The first-order valence-electron chi connectivity index (χ1n) is 7.57. The molecule has 2 aromatic rings. The van der Waals surface area contributed by atoms with Crippen LogP contribution >= 0.6 is 0 Å². The van der Waals surface area contributed by atoms with Gasteiger partial charge in [0.05, 0.1) is 0 Å². The van der Waals surface area contributed by atoms with E-state index in [1.807, 2.05) is 12.1 Å². The molecule has 2 rings (SSSR count). The molecule has 0 aliphatic rings. The fraction of sp³-hybridized carbons (Fsp3) is 0.278. The lowest BCUT2D eigenvalue weighted by Gasteiger charge is -2.19. The minimum absolute atomic E-state index is 0.0173. The number of anilines is 2. The summed E-state index contributed by atoms with van der Waals surface area (Å²) in [4.78, 5) is 11.7. The molecule has 6 nitrogen and oxygen atoms in total. The second-order valence-electron chi connectivity index (χ2n) is 6.42. The molecule has 4 N–H and O–H groups in total. The number of nitrogens with one attached hydrogen (secondary N) is 2. The number of carbonyl (C=O) groups excluding carboxylic acids is 1. The van der Waals surface area contributed by atoms with Crippen LogP contribution in [0.5, 0.6) is 11.5 Å². The topological polar surface area (TPSA) is 90.8 Å². The molecule has 0 saturated carbocycles. The van der Waals surface area contributed by atoms with Gasteiger partial charge in [-0.3, -0.25) is 5.32 Å². The molecule has 0 heterocycles. The molecular formula is C18H22N2O4. The zero-order chi connectivity index (χ0) is 17.7. The number of phenols is 2. The number of rotatable bonds is 4. The first-order chi connectivity index (χ1) is 11.2. The van der Waals surface area contributed by atoms with Crippen molar-refractivity contribution in [3.63, 3.8) is 0 Å². The van der Waals surface area contributed by atoms with E-state index in [0.717, 1.165) is 11.3 Å². The van der Waals surface area contributed by atoms with E-state index in [9.17, 15) is 15.0 Å². The summed E-state index contributed by atoms with van der Waals surface area (Å²) >= 11 is 0. The average molecular weight is 330 g/mol. The van der Waals surface area contributed by atoms with Crippen molar-refractivity contribution < 1.29 is 19.7 Å². The summed E-state index contributed by atoms with van der Waals surface area (Å²) in [5.41, 5.74) is 1.68. The van der Waals surface area contributed by atoms with Gasteiger partial charge in [-0.05, 0) is 62.7 Å². The van der Waals surface area contributed by atoms with Crippen LogP contribution in [0.1, 0.15) is 26.3 Å². The SMILES string of the molecule is CC(C)(C)OC(=O)Nc1ccc(NCc2cc(O)cc(O)c2)cc1. The molecule has 0 fully saturated rings. The molecule has 0 bridgehead atoms. The van der Waals surface area contributed by atoms with Crippen LogP contribution in [0.2, 0.25) is 0 Å². The number of carbonyl (C=O) groups is 1. The van der Waals surface area contributed by atoms with E-state index in [-0.39, 0.29) is 11.5 Å². The van der Waals surface area contributed by atoms with Crippen molar-refractivity contribution >= 4 is 17.5 Å². The predicted octanol–water partition coefficient (Wildman–Crippen LogP) is 4.06. The number of amides is 1. The Morgan fingerprint density at radius 2 is 1.54 bits per heavy atom. The lowest BCUT2D eigenvalue weighted by Crippen LogP contribution is -2.27. The summed E-state index contributed by atoms with van der Waals surface area (Å²) in [7, 11) is 0. The zero-order valence-corrected chi connectivity index (χ0v) is 14.0. The maximum absolute atomic E-state index is 11.7. The number of ether oxygens (including phenoxy) is 1. The molecule has 0 radical (unpaired) electrons. The van der Waals surface area contributed by atoms with Gasteiger partial charge in [0.15, 0.2) is 0 Å². The minimum atomic E-state index is -0.543. The smallest absolute Gasteiger partial charge is 0.412 e. The molecule has 0 saturated heterocycles. The van der Waals surface area contributed by atoms with Gasteiger partial charge < -0.3 is 20.3 Å². The molecule has 0 aliphatic carbocycles. The van der Waals surface area contributed by atoms with Crippen LogP contribution in [-0.4, -0.2) is 21.9 Å². The highest BCUT2D eigenvalue weighted by Crippen LogP contribution is 2.22. The van der Waals surface area contributed by atoms with E-state index in [1.165, 1.54) is 6.07 Å². The van der Waals surface area contributed by atoms with Gasteiger partial charge in [-0.15, -0.1) is 0 Å². The first-order valence-corrected chi connectivity index (χ1v) is 7.57. The third-order valence-corrected chi connectivity index (χ3v) is 2.99. The van der Waals surface area contributed by atoms with Gasteiger partial charge in [-0.25, -0.2) is 4.79 Å². The lowest BCUT2D eigenvalue weighted by molar-refractivity contribution is 0.0636. The second-order valence-corrected chi connectivity index (χ2v) is 6.42. The number of phenolic OH excluding ortho intramolecular Hbond substituents is 2. The van der Waals surface area contributed by atoms with E-state index < -0.39 is 11.7 Å². The Morgan fingerprint density at radius 1 is 1.00 bits per heavy atom. The largest absolute Gasteiger partial charge is 0.508 e. The van der Waals surface area contributed by atoms with Crippen molar-refractivity contribution in [2.45, 2.75) is 32.9 Å². The fourth-order valence-electron chi connectivity index (χ4n) is 2.06. The van der Waals surface area contributed by atoms with Crippen LogP contribution in [-0.2, 0) is 11.3 Å². The van der Waals surface area contributed by atoms with Gasteiger partial charge in [0, 0.05) is 24.0 Å². The van der Waals surface area contributed by atoms with Crippen molar-refractivity contribution in [3.05, 3.63) is 48.0 Å². The molecule has 6 heteroatoms. The fourth-order valence-corrected chi connectivity index (χ4v) is 2.06. The van der Waals surface area contributed by atoms with Gasteiger partial charge in [0.25, 0.3) is 0 Å². The lowest BCUT2D eigenvalue weighted by atomic mass is 10.2. The molecule has 0 unspecified atom stereocenters. The van der Waals surface area contributed by atoms with Crippen molar-refractivity contribution in [1.82, 2.24) is 0 Å². The zero-order valence-electron chi connectivity index (χ0n) is 14.0. The molecule has 0 atom stereocenters. The predicted molar refractivity (Wildman–Crippen MR) is 93.4 cm³/mol. The van der Waals surface area contributed by atoms with Gasteiger partial charge in [0.2, 0.25) is 0 Å². The Hall–Kier alpha value is -2.89. The summed E-state index contributed by atoms with van der Waals surface area (Å²) in [5.74, 6) is 0.0346. The molecule has 1 amide bonds. The van der Waals surface area contributed by atoms with Gasteiger partial charge in [-0.2, -0.15) is 0 Å². The maximum Gasteiger partial charge on any atom is 0.412 e. The van der Waals surface area contributed by atoms with E-state index in [0.29, 0.717) is 12.2 Å². The van der Waals surface area contributed by atoms with E-state index in [2.05, 4.69) is 10.6 Å². The Kier molecular flexibility index (Phi) is 5.18. The summed E-state index contributed by atoms with van der Waals surface area (Å²) < 4.78 is 5.19. The van der Waals surface area contributed by atoms with Crippen molar-refractivity contribution in [2.24, 2.45) is 0 Å². The normalized spacial score (nSPS) is 11.0. The molecule has 2 aromatic carbocycles. The minimum Gasteiger partial charge on any atom is -0.508 e. The van der Waals surface area contributed by atoms with Crippen LogP contribution in [0, 0.1) is 0 Å². The van der Waals surface area contributed by atoms with Gasteiger partial charge >= 0.3 is 6.09 Å². The Balaban J connectivity index is 1.91. The highest BCUT2D eigenvalue weighted by molar-refractivity contribution is 5.85. The third-order valence-electron chi connectivity index (χ3n) is 2.99. The number of benzene rings is 2. The van der Waals surface area contributed by atoms with Crippen molar-refractivity contribution in [3.8, 4) is 11.5 Å². The van der Waals surface area contributed by atoms with E-state index in [1.54, 1.807) is 45.0 Å². The Morgan fingerprint density at radius 3 is 2.08 bits per heavy atom. The summed E-state index contributed by atoms with van der Waals surface area (Å²) in [5, 5.41) is 24.7. The van der Waals surface area contributed by atoms with Crippen LogP contribution in [0.15, 0.2) is 42.5 Å². The van der Waals surface area contributed by atoms with Crippen molar-refractivity contribution in [2.75, 3.05) is 10.6 Å². The van der Waals surface area contributed by atoms with E-state index >= 15 is 0 Å². The van der Waals surface area contributed by atoms with Gasteiger partial charge in [-0.1, -0.05) is 0 Å². The molecule has 0 spiro atoms. The first kappa shape index (κ1) is 17.5. The number of hydrogen-bond acceptors (Lipinski definition) is 5. The van der Waals surface area contributed by atoms with Crippen LogP contribution in [0.4, 0.5) is 16.2 Å². The second kappa shape index (κ2) is 7.12. The number of aromatic hydroxyl groups is 2. The monoisotopic (exact) mass is 330 g/mol. The average Bonchev–Trinajstić information content (AvgIpc) is 2.43. The number of hydrogen-bond donors (Lipinski definition) is 4. The van der Waals surface area contributed by atoms with Gasteiger partial charge in [0.1, 0.15) is 17.1 Å². The maximum atomic E-state index is 11.7. The summed E-state index contributed by atoms with van der Waals surface area (Å²) in [6.45, 7) is 5.86. The highest BCUT2D eigenvalue weighted by Gasteiger charge is 2.16. The quantitative estimate of drug-likeness (QED) is 0.679. The Bertz CT molecular complexity index is 686. The van der Waals surface area contributed by atoms with Crippen LogP contribution in [0.3, 0.4) is 0 Å². The molecule has 0 aromatic heterocycles. The van der Waals surface area contributed by atoms with Crippen LogP contribution < -0.4 is 10.6 Å². The Labute approximate surface area is 141 Å². The summed E-state index contributed by atoms with van der Waals surface area (Å²) in [6, 6.07) is 11.6. The summed E-state index contributed by atoms with van der Waals surface area (Å²) in [6.07, 6.45) is -0.501. The standard InChI is InChI=1S/C18H22N2O4/c1-18(2,3)24-17(23)20-14-6-4-13(5-7-14)19-11-12-8-15(21)10-16(22)9-12/h4-10,19,21-22H,11H2,1-3H3,(H,20,23). The molecule has 24 heavy (non-hydrogen) atoms. The van der Waals surface area contributed by atoms with Crippen molar-refractivity contribution in [1.29, 1.82) is 0 Å². The molecule has 0 aliphatic heterocycles. The van der Waals surface area contributed by atoms with E-state index in [4.69, 9.17) is 4.74 Å². The third kappa shape index (κ3) is 5.72. The molecule has 128 valence electrons. The highest BCUT2D eigenvalue weighted by atomic mass is 16.6. The van der Waals surface area contributed by atoms with Crippen LogP contribution in [0.25, 0.3) is 0 Å². The molecular weight excluding hydrogens is 308 g/mol.